The molecule has 3 heterocycles. The Kier molecular flexibility index (Phi) is 4.12. The second kappa shape index (κ2) is 6.05. The third-order valence-corrected chi connectivity index (χ3v) is 4.65. The predicted molar refractivity (Wildman–Crippen MR) is 86.5 cm³/mol. The lowest BCUT2D eigenvalue weighted by molar-refractivity contribution is 0.0528. The van der Waals surface area contributed by atoms with Crippen LogP contribution in [0.15, 0.2) is 29.0 Å². The molecule has 0 amide bonds. The van der Waals surface area contributed by atoms with Crippen molar-refractivity contribution in [2.45, 2.75) is 6.92 Å². The fraction of sp³-hybridized carbons (Fsp3) is 0.214. The van der Waals surface area contributed by atoms with Gasteiger partial charge < -0.3 is 9.47 Å². The number of methoxy groups -OCH3 is 1. The highest BCUT2D eigenvalue weighted by Crippen LogP contribution is 2.34. The highest BCUT2D eigenvalue weighted by Gasteiger charge is 2.21. The molecule has 0 aliphatic rings. The van der Waals surface area contributed by atoms with Crippen LogP contribution in [-0.4, -0.2) is 34.3 Å². The summed E-state index contributed by atoms with van der Waals surface area (Å²) in [6.45, 7) is 2.07. The molecule has 3 aromatic rings. The Morgan fingerprint density at radius 1 is 1.50 bits per heavy atom. The normalized spacial score (nSPS) is 10.9. The van der Waals surface area contributed by atoms with Crippen molar-refractivity contribution >= 4 is 38.8 Å². The number of carbonyl (C=O) groups excluding carboxylic acids is 1. The van der Waals surface area contributed by atoms with Gasteiger partial charge in [-0.2, -0.15) is 5.10 Å². The van der Waals surface area contributed by atoms with Crippen LogP contribution < -0.4 is 4.74 Å². The van der Waals surface area contributed by atoms with E-state index in [1.807, 2.05) is 18.3 Å². The molecule has 0 aromatic carbocycles. The molecule has 0 aliphatic carbocycles. The highest BCUT2D eigenvalue weighted by atomic mass is 79.9. The number of ether oxygens (including phenoxy) is 2. The first kappa shape index (κ1) is 15.0. The molecule has 22 heavy (non-hydrogen) atoms. The zero-order valence-electron chi connectivity index (χ0n) is 11.9. The van der Waals surface area contributed by atoms with Crippen LogP contribution in [0.2, 0.25) is 0 Å². The van der Waals surface area contributed by atoms with Crippen LogP contribution >= 0.6 is 27.3 Å². The first-order chi connectivity index (χ1) is 10.6. The third-order valence-electron chi connectivity index (χ3n) is 2.97. The molecule has 0 bridgehead atoms. The second-order valence-corrected chi connectivity index (χ2v) is 6.17. The molecule has 0 saturated heterocycles. The van der Waals surface area contributed by atoms with Gasteiger partial charge in [-0.25, -0.2) is 14.3 Å². The van der Waals surface area contributed by atoms with Crippen LogP contribution in [0.25, 0.3) is 16.1 Å². The van der Waals surface area contributed by atoms with Crippen LogP contribution in [0.5, 0.6) is 5.88 Å². The van der Waals surface area contributed by atoms with Gasteiger partial charge in [-0.3, -0.25) is 0 Å². The van der Waals surface area contributed by atoms with Crippen LogP contribution in [0.4, 0.5) is 0 Å². The van der Waals surface area contributed by atoms with Gasteiger partial charge in [0.05, 0.1) is 29.9 Å². The van der Waals surface area contributed by atoms with Crippen LogP contribution in [0.1, 0.15) is 16.6 Å². The van der Waals surface area contributed by atoms with E-state index in [2.05, 4.69) is 26.0 Å². The van der Waals surface area contributed by atoms with Crippen molar-refractivity contribution in [3.8, 4) is 16.5 Å². The smallest absolute Gasteiger partial charge is 0.354 e. The van der Waals surface area contributed by atoms with Gasteiger partial charge in [-0.1, -0.05) is 0 Å². The first-order valence-corrected chi connectivity index (χ1v) is 8.10. The van der Waals surface area contributed by atoms with E-state index in [9.17, 15) is 4.79 Å². The SMILES string of the molecule is CCOC(=O)c1sc(-c2ccn3ncc(Br)c3c2)nc1OC. The predicted octanol–water partition coefficient (Wildman–Crippen LogP) is 3.41. The standard InChI is InChI=1S/C14H12BrN3O3S/c1-3-21-14(19)11-12(20-2)17-13(22-11)8-4-5-18-10(6-8)9(15)7-16-18/h4-7H,3H2,1-2H3. The van der Waals surface area contributed by atoms with Crippen molar-refractivity contribution in [1.29, 1.82) is 0 Å². The number of esters is 1. The molecular formula is C14H12BrN3O3S. The number of nitrogens with zero attached hydrogens (tertiary/aromatic N) is 3. The number of hydrogen-bond donors (Lipinski definition) is 0. The molecule has 6 nitrogen and oxygen atoms in total. The molecule has 0 aliphatic heterocycles. The topological polar surface area (TPSA) is 65.7 Å². The van der Waals surface area contributed by atoms with E-state index in [0.29, 0.717) is 16.5 Å². The summed E-state index contributed by atoms with van der Waals surface area (Å²) in [5, 5.41) is 4.89. The summed E-state index contributed by atoms with van der Waals surface area (Å²) in [5.41, 5.74) is 1.80. The Morgan fingerprint density at radius 3 is 3.05 bits per heavy atom. The van der Waals surface area contributed by atoms with Crippen LogP contribution in [0, 0.1) is 0 Å². The van der Waals surface area contributed by atoms with E-state index in [4.69, 9.17) is 9.47 Å². The largest absolute Gasteiger partial charge is 0.480 e. The number of carbonyl (C=O) groups is 1. The van der Waals surface area contributed by atoms with Crippen molar-refractivity contribution in [3.05, 3.63) is 33.9 Å². The fourth-order valence-electron chi connectivity index (χ4n) is 1.98. The molecule has 0 spiro atoms. The van der Waals surface area contributed by atoms with Gasteiger partial charge in [0, 0.05) is 11.8 Å². The molecule has 0 unspecified atom stereocenters. The van der Waals surface area contributed by atoms with Crippen molar-refractivity contribution < 1.29 is 14.3 Å². The summed E-state index contributed by atoms with van der Waals surface area (Å²) in [5.74, 6) is -0.138. The molecule has 0 atom stereocenters. The Bertz CT molecular complexity index is 843. The second-order valence-electron chi connectivity index (χ2n) is 4.32. The minimum Gasteiger partial charge on any atom is -0.480 e. The highest BCUT2D eigenvalue weighted by molar-refractivity contribution is 9.10. The number of rotatable bonds is 4. The number of pyridine rings is 1. The molecule has 3 aromatic heterocycles. The Hall–Kier alpha value is -1.93. The molecule has 114 valence electrons. The molecule has 8 heteroatoms. The van der Waals surface area contributed by atoms with E-state index in [1.165, 1.54) is 18.4 Å². The maximum Gasteiger partial charge on any atom is 0.354 e. The summed E-state index contributed by atoms with van der Waals surface area (Å²) in [6, 6.07) is 3.84. The quantitative estimate of drug-likeness (QED) is 0.647. The van der Waals surface area contributed by atoms with Crippen LogP contribution in [0.3, 0.4) is 0 Å². The zero-order chi connectivity index (χ0) is 15.7. The first-order valence-electron chi connectivity index (χ1n) is 6.49. The lowest BCUT2D eigenvalue weighted by Gasteiger charge is -1.99. The van der Waals surface area contributed by atoms with Gasteiger partial charge in [0.25, 0.3) is 0 Å². The van der Waals surface area contributed by atoms with Gasteiger partial charge in [-0.15, -0.1) is 11.3 Å². The van der Waals surface area contributed by atoms with Crippen molar-refractivity contribution in [3.63, 3.8) is 0 Å². The molecular weight excluding hydrogens is 370 g/mol. The van der Waals surface area contributed by atoms with Crippen molar-refractivity contribution in [2.24, 2.45) is 0 Å². The molecule has 0 saturated carbocycles. The third kappa shape index (κ3) is 2.59. The van der Waals surface area contributed by atoms with Gasteiger partial charge >= 0.3 is 5.97 Å². The van der Waals surface area contributed by atoms with Crippen LogP contribution in [-0.2, 0) is 4.74 Å². The Labute approximate surface area is 138 Å². The minimum absolute atomic E-state index is 0.283. The number of aromatic nitrogens is 3. The summed E-state index contributed by atoms with van der Waals surface area (Å²) in [7, 11) is 1.48. The summed E-state index contributed by atoms with van der Waals surface area (Å²) < 4.78 is 12.9. The Morgan fingerprint density at radius 2 is 2.32 bits per heavy atom. The fourth-order valence-corrected chi connectivity index (χ4v) is 3.29. The number of fused-ring (bicyclic) bond motifs is 1. The van der Waals surface area contributed by atoms with E-state index >= 15 is 0 Å². The molecule has 0 N–H and O–H groups in total. The average Bonchev–Trinajstić information content (AvgIpc) is 3.11. The monoisotopic (exact) mass is 381 g/mol. The summed E-state index contributed by atoms with van der Waals surface area (Å²) in [6.07, 6.45) is 3.57. The van der Waals surface area contributed by atoms with Crippen molar-refractivity contribution in [2.75, 3.05) is 13.7 Å². The maximum absolute atomic E-state index is 11.9. The number of thiazole rings is 1. The van der Waals surface area contributed by atoms with Gasteiger partial charge in [0.2, 0.25) is 5.88 Å². The lowest BCUT2D eigenvalue weighted by Crippen LogP contribution is -2.04. The van der Waals surface area contributed by atoms with E-state index < -0.39 is 5.97 Å². The van der Waals surface area contributed by atoms with E-state index in [0.717, 1.165) is 15.6 Å². The summed E-state index contributed by atoms with van der Waals surface area (Å²) in [4.78, 5) is 16.7. The number of halogens is 1. The summed E-state index contributed by atoms with van der Waals surface area (Å²) >= 11 is 4.70. The van der Waals surface area contributed by atoms with Gasteiger partial charge in [-0.05, 0) is 35.0 Å². The maximum atomic E-state index is 11.9. The Balaban J connectivity index is 2.06. The zero-order valence-corrected chi connectivity index (χ0v) is 14.3. The van der Waals surface area contributed by atoms with E-state index in [-0.39, 0.29) is 5.88 Å². The minimum atomic E-state index is -0.422. The molecule has 3 rings (SSSR count). The number of hydrogen-bond acceptors (Lipinski definition) is 6. The molecule has 0 radical (unpaired) electrons. The van der Waals surface area contributed by atoms with E-state index in [1.54, 1.807) is 17.6 Å². The molecule has 0 fully saturated rings. The lowest BCUT2D eigenvalue weighted by atomic mass is 10.2. The average molecular weight is 382 g/mol. The van der Waals surface area contributed by atoms with Gasteiger partial charge in [0.1, 0.15) is 5.01 Å². The van der Waals surface area contributed by atoms with Gasteiger partial charge in [0.15, 0.2) is 4.88 Å². The van der Waals surface area contributed by atoms with Crippen molar-refractivity contribution in [1.82, 2.24) is 14.6 Å².